The van der Waals surface area contributed by atoms with E-state index in [0.29, 0.717) is 17.4 Å². The monoisotopic (exact) mass is 291 g/mol. The van der Waals surface area contributed by atoms with Crippen molar-refractivity contribution in [3.05, 3.63) is 60.4 Å². The van der Waals surface area contributed by atoms with E-state index in [1.165, 1.54) is 0 Å². The molecule has 0 fully saturated rings. The summed E-state index contributed by atoms with van der Waals surface area (Å²) in [7, 11) is 2.03. The van der Waals surface area contributed by atoms with Crippen LogP contribution in [0.3, 0.4) is 0 Å². The number of aromatic nitrogens is 2. The van der Waals surface area contributed by atoms with E-state index in [1.807, 2.05) is 49.6 Å². The van der Waals surface area contributed by atoms with Gasteiger partial charge in [-0.05, 0) is 42.8 Å². The van der Waals surface area contributed by atoms with Crippen LogP contribution in [0.5, 0.6) is 23.1 Å². The molecule has 4 nitrogen and oxygen atoms in total. The lowest BCUT2D eigenvalue weighted by molar-refractivity contribution is -0.660. The van der Waals surface area contributed by atoms with E-state index in [0.717, 1.165) is 22.6 Å². The molecule has 1 aliphatic heterocycles. The number of rotatable bonds is 1. The van der Waals surface area contributed by atoms with E-state index in [4.69, 9.17) is 9.47 Å². The topological polar surface area (TPSA) is 35.2 Å². The molecule has 3 heterocycles. The van der Waals surface area contributed by atoms with E-state index in [-0.39, 0.29) is 0 Å². The molecule has 0 aliphatic carbocycles. The Balaban J connectivity index is 1.84. The molecule has 0 saturated carbocycles. The van der Waals surface area contributed by atoms with Crippen LogP contribution >= 0.6 is 0 Å². The zero-order valence-corrected chi connectivity index (χ0v) is 12.4. The molecule has 0 radical (unpaired) electrons. The standard InChI is InChI=1S/C18H15N2O2/c1-12-10-16-17(22-18-15(21-16)7-5-8-19-18)11-13(12)14-6-3-4-9-20(14)2/h3-11H,1-2H3/q+1. The number of aryl methyl sites for hydroxylation is 2. The lowest BCUT2D eigenvalue weighted by atomic mass is 10.0. The maximum atomic E-state index is 5.89. The van der Waals surface area contributed by atoms with Gasteiger partial charge in [0.2, 0.25) is 5.69 Å². The normalized spacial score (nSPS) is 11.9. The van der Waals surface area contributed by atoms with Crippen molar-refractivity contribution in [1.29, 1.82) is 0 Å². The molecule has 0 bridgehead atoms. The van der Waals surface area contributed by atoms with Crippen LogP contribution in [0.15, 0.2) is 54.9 Å². The average molecular weight is 291 g/mol. The van der Waals surface area contributed by atoms with Gasteiger partial charge in [-0.1, -0.05) is 0 Å². The number of hydrogen-bond donors (Lipinski definition) is 0. The van der Waals surface area contributed by atoms with E-state index in [1.54, 1.807) is 6.20 Å². The summed E-state index contributed by atoms with van der Waals surface area (Å²) in [5.41, 5.74) is 3.37. The lowest BCUT2D eigenvalue weighted by Gasteiger charge is -2.20. The van der Waals surface area contributed by atoms with E-state index in [2.05, 4.69) is 22.5 Å². The van der Waals surface area contributed by atoms with E-state index >= 15 is 0 Å². The first-order chi connectivity index (χ1) is 10.7. The molecule has 1 aromatic carbocycles. The summed E-state index contributed by atoms with van der Waals surface area (Å²) in [5.74, 6) is 2.56. The van der Waals surface area contributed by atoms with Gasteiger partial charge >= 0.3 is 0 Å². The van der Waals surface area contributed by atoms with Gasteiger partial charge in [0.25, 0.3) is 5.88 Å². The van der Waals surface area contributed by atoms with Crippen molar-refractivity contribution in [2.45, 2.75) is 6.92 Å². The Hall–Kier alpha value is -2.88. The highest BCUT2D eigenvalue weighted by atomic mass is 16.6. The van der Waals surface area contributed by atoms with Gasteiger partial charge in [-0.15, -0.1) is 0 Å². The molecule has 0 unspecified atom stereocenters. The van der Waals surface area contributed by atoms with Gasteiger partial charge in [0, 0.05) is 18.3 Å². The van der Waals surface area contributed by atoms with Crippen molar-refractivity contribution in [3.8, 4) is 34.4 Å². The van der Waals surface area contributed by atoms with Crippen LogP contribution < -0.4 is 14.0 Å². The molecule has 22 heavy (non-hydrogen) atoms. The molecule has 4 rings (SSSR count). The lowest BCUT2D eigenvalue weighted by Crippen LogP contribution is -2.30. The van der Waals surface area contributed by atoms with Crippen LogP contribution in [0.25, 0.3) is 11.3 Å². The molecule has 4 heteroatoms. The minimum Gasteiger partial charge on any atom is -0.448 e. The highest BCUT2D eigenvalue weighted by Crippen LogP contribution is 2.45. The van der Waals surface area contributed by atoms with Gasteiger partial charge in [-0.3, -0.25) is 0 Å². The quantitative estimate of drug-likeness (QED) is 0.501. The summed E-state index contributed by atoms with van der Waals surface area (Å²) in [5, 5.41) is 0. The minimum atomic E-state index is 0.502. The smallest absolute Gasteiger partial charge is 0.263 e. The highest BCUT2D eigenvalue weighted by molar-refractivity contribution is 5.68. The van der Waals surface area contributed by atoms with Crippen LogP contribution in [0, 0.1) is 6.92 Å². The molecular weight excluding hydrogens is 276 g/mol. The van der Waals surface area contributed by atoms with Crippen LogP contribution in [-0.4, -0.2) is 4.98 Å². The van der Waals surface area contributed by atoms with E-state index in [9.17, 15) is 0 Å². The first-order valence-corrected chi connectivity index (χ1v) is 7.13. The third-order valence-electron chi connectivity index (χ3n) is 3.78. The number of nitrogens with zero attached hydrogens (tertiary/aromatic N) is 2. The zero-order chi connectivity index (χ0) is 15.1. The third-order valence-corrected chi connectivity index (χ3v) is 3.78. The largest absolute Gasteiger partial charge is 0.448 e. The van der Waals surface area contributed by atoms with E-state index < -0.39 is 0 Å². The van der Waals surface area contributed by atoms with Crippen molar-refractivity contribution in [3.63, 3.8) is 0 Å². The molecule has 0 amide bonds. The summed E-state index contributed by atoms with van der Waals surface area (Å²) in [6.07, 6.45) is 3.72. The molecule has 0 spiro atoms. The van der Waals surface area contributed by atoms with Gasteiger partial charge in [0.1, 0.15) is 7.05 Å². The summed E-state index contributed by atoms with van der Waals surface area (Å²) < 4.78 is 13.9. The summed E-state index contributed by atoms with van der Waals surface area (Å²) in [6, 6.07) is 13.8. The Morgan fingerprint density at radius 3 is 2.68 bits per heavy atom. The fraction of sp³-hybridized carbons (Fsp3) is 0.111. The van der Waals surface area contributed by atoms with Gasteiger partial charge < -0.3 is 9.47 Å². The van der Waals surface area contributed by atoms with Gasteiger partial charge in [0.05, 0.1) is 5.56 Å². The average Bonchev–Trinajstić information content (AvgIpc) is 2.53. The Bertz CT molecular complexity index is 875. The maximum Gasteiger partial charge on any atom is 0.263 e. The van der Waals surface area contributed by atoms with Gasteiger partial charge in [0.15, 0.2) is 23.4 Å². The molecule has 0 N–H and O–H groups in total. The van der Waals surface area contributed by atoms with Crippen molar-refractivity contribution >= 4 is 0 Å². The molecule has 2 aromatic heterocycles. The fourth-order valence-electron chi connectivity index (χ4n) is 2.65. The molecule has 3 aromatic rings. The maximum absolute atomic E-state index is 5.89. The molecule has 1 aliphatic rings. The Labute approximate surface area is 128 Å². The minimum absolute atomic E-state index is 0.502. The van der Waals surface area contributed by atoms with Gasteiger partial charge in [-0.2, -0.15) is 0 Å². The second-order valence-electron chi connectivity index (χ2n) is 5.32. The number of hydrogen-bond acceptors (Lipinski definition) is 3. The van der Waals surface area contributed by atoms with Crippen LogP contribution in [0.2, 0.25) is 0 Å². The van der Waals surface area contributed by atoms with Crippen molar-refractivity contribution in [2.75, 3.05) is 0 Å². The Morgan fingerprint density at radius 1 is 0.955 bits per heavy atom. The number of pyridine rings is 2. The Kier molecular flexibility index (Phi) is 2.82. The second-order valence-corrected chi connectivity index (χ2v) is 5.32. The van der Waals surface area contributed by atoms with Crippen LogP contribution in [-0.2, 0) is 7.05 Å². The number of ether oxygens (including phenoxy) is 2. The molecular formula is C18H15N2O2+. The van der Waals surface area contributed by atoms with Crippen molar-refractivity contribution < 1.29 is 14.0 Å². The molecule has 0 atom stereocenters. The predicted octanol–water partition coefficient (Wildman–Crippen LogP) is 3.78. The first kappa shape index (κ1) is 12.8. The highest BCUT2D eigenvalue weighted by Gasteiger charge is 2.23. The second kappa shape index (κ2) is 4.84. The predicted molar refractivity (Wildman–Crippen MR) is 82.2 cm³/mol. The summed E-state index contributed by atoms with van der Waals surface area (Å²) >= 11 is 0. The molecule has 108 valence electrons. The zero-order valence-electron chi connectivity index (χ0n) is 12.4. The third kappa shape index (κ3) is 2.00. The van der Waals surface area contributed by atoms with Gasteiger partial charge in [-0.25, -0.2) is 9.55 Å². The van der Waals surface area contributed by atoms with Crippen LogP contribution in [0.1, 0.15) is 5.56 Å². The summed E-state index contributed by atoms with van der Waals surface area (Å²) in [4.78, 5) is 4.21. The Morgan fingerprint density at radius 2 is 1.82 bits per heavy atom. The fourth-order valence-corrected chi connectivity index (χ4v) is 2.65. The number of fused-ring (bicyclic) bond motifs is 2. The summed E-state index contributed by atoms with van der Waals surface area (Å²) in [6.45, 7) is 2.07. The van der Waals surface area contributed by atoms with Crippen LogP contribution in [0.4, 0.5) is 0 Å². The SMILES string of the molecule is Cc1cc2c(cc1-c1cccc[n+]1C)Oc1ncccc1O2. The molecule has 0 saturated heterocycles. The van der Waals surface area contributed by atoms with Crippen molar-refractivity contribution in [1.82, 2.24) is 4.98 Å². The van der Waals surface area contributed by atoms with Crippen molar-refractivity contribution in [2.24, 2.45) is 7.05 Å². The first-order valence-electron chi connectivity index (χ1n) is 7.13. The number of benzene rings is 1.